The van der Waals surface area contributed by atoms with Crippen molar-refractivity contribution in [3.63, 3.8) is 0 Å². The third kappa shape index (κ3) is 1.93. The lowest BCUT2D eigenvalue weighted by atomic mass is 9.98. The lowest BCUT2D eigenvalue weighted by Gasteiger charge is -2.08. The van der Waals surface area contributed by atoms with E-state index in [1.54, 1.807) is 0 Å². The van der Waals surface area contributed by atoms with Crippen LogP contribution >= 0.6 is 0 Å². The van der Waals surface area contributed by atoms with Crippen molar-refractivity contribution in [1.82, 2.24) is 0 Å². The van der Waals surface area contributed by atoms with Gasteiger partial charge in [0.2, 0.25) is 0 Å². The second-order valence-corrected chi connectivity index (χ2v) is 4.67. The second-order valence-electron chi connectivity index (χ2n) is 4.67. The average Bonchev–Trinajstić information content (AvgIpc) is 2.57. The molecule has 0 aromatic carbocycles. The van der Waals surface area contributed by atoms with Crippen molar-refractivity contribution in [2.45, 2.75) is 38.5 Å². The van der Waals surface area contributed by atoms with Gasteiger partial charge < -0.3 is 5.11 Å². The number of fused-ring (bicyclic) bond motifs is 1. The fourth-order valence-electron chi connectivity index (χ4n) is 3.12. The molecule has 0 saturated heterocycles. The Kier molecular flexibility index (Phi) is 2.68. The van der Waals surface area contributed by atoms with Gasteiger partial charge in [-0.2, -0.15) is 0 Å². The van der Waals surface area contributed by atoms with Gasteiger partial charge in [-0.15, -0.1) is 0 Å². The molecule has 74 valence electrons. The monoisotopic (exact) mass is 182 g/mol. The van der Waals surface area contributed by atoms with Crippen molar-refractivity contribution in [3.05, 3.63) is 0 Å². The second kappa shape index (κ2) is 3.79. The van der Waals surface area contributed by atoms with Crippen molar-refractivity contribution in [2.75, 3.05) is 6.61 Å². The first-order valence-corrected chi connectivity index (χ1v) is 5.42. The molecule has 2 aliphatic carbocycles. The van der Waals surface area contributed by atoms with E-state index in [0.717, 1.165) is 31.6 Å². The van der Waals surface area contributed by atoms with E-state index in [2.05, 4.69) is 0 Å². The molecule has 3 atom stereocenters. The van der Waals surface area contributed by atoms with Crippen LogP contribution in [-0.2, 0) is 4.79 Å². The summed E-state index contributed by atoms with van der Waals surface area (Å²) in [7, 11) is 0. The van der Waals surface area contributed by atoms with E-state index in [0.29, 0.717) is 24.2 Å². The van der Waals surface area contributed by atoms with E-state index >= 15 is 0 Å². The fraction of sp³-hybridized carbons (Fsp3) is 0.909. The van der Waals surface area contributed by atoms with Gasteiger partial charge in [-0.3, -0.25) is 4.79 Å². The number of hydrogen-bond donors (Lipinski definition) is 1. The van der Waals surface area contributed by atoms with Crippen LogP contribution in [0.5, 0.6) is 0 Å². The molecule has 0 radical (unpaired) electrons. The molecule has 1 N–H and O–H groups in total. The first kappa shape index (κ1) is 9.20. The lowest BCUT2D eigenvalue weighted by Crippen LogP contribution is -2.00. The summed E-state index contributed by atoms with van der Waals surface area (Å²) >= 11 is 0. The average molecular weight is 182 g/mol. The Labute approximate surface area is 79.3 Å². The number of hydrogen-bond acceptors (Lipinski definition) is 2. The predicted molar refractivity (Wildman–Crippen MR) is 50.3 cm³/mol. The van der Waals surface area contributed by atoms with Gasteiger partial charge in [0.1, 0.15) is 5.78 Å². The molecule has 0 heterocycles. The molecule has 0 aromatic rings. The maximum atomic E-state index is 11.1. The van der Waals surface area contributed by atoms with Crippen LogP contribution in [0, 0.1) is 17.8 Å². The number of rotatable bonds is 3. The van der Waals surface area contributed by atoms with E-state index in [4.69, 9.17) is 5.11 Å². The molecule has 2 heteroatoms. The Bertz CT molecular complexity index is 184. The van der Waals surface area contributed by atoms with Gasteiger partial charge in [0, 0.05) is 19.4 Å². The van der Waals surface area contributed by atoms with Gasteiger partial charge in [-0.25, -0.2) is 0 Å². The smallest absolute Gasteiger partial charge is 0.133 e. The lowest BCUT2D eigenvalue weighted by molar-refractivity contribution is -0.117. The molecule has 0 amide bonds. The van der Waals surface area contributed by atoms with Crippen LogP contribution in [0.25, 0.3) is 0 Å². The molecule has 0 spiro atoms. The van der Waals surface area contributed by atoms with Gasteiger partial charge >= 0.3 is 0 Å². The summed E-state index contributed by atoms with van der Waals surface area (Å²) in [5.74, 6) is 2.69. The predicted octanol–water partition coefficient (Wildman–Crippen LogP) is 1.76. The highest BCUT2D eigenvalue weighted by molar-refractivity contribution is 5.81. The Morgan fingerprint density at radius 1 is 1.23 bits per heavy atom. The molecule has 0 bridgehead atoms. The van der Waals surface area contributed by atoms with Gasteiger partial charge in [-0.1, -0.05) is 0 Å². The van der Waals surface area contributed by atoms with Gasteiger partial charge in [0.25, 0.3) is 0 Å². The molecule has 0 aromatic heterocycles. The van der Waals surface area contributed by atoms with E-state index < -0.39 is 0 Å². The Balaban J connectivity index is 1.80. The number of carbonyl (C=O) groups is 1. The van der Waals surface area contributed by atoms with E-state index in [9.17, 15) is 4.79 Å². The highest BCUT2D eigenvalue weighted by Crippen LogP contribution is 2.46. The molecule has 2 aliphatic rings. The molecular formula is C11H18O2. The number of ketones is 1. The fourth-order valence-corrected chi connectivity index (χ4v) is 3.12. The Hall–Kier alpha value is -0.370. The quantitative estimate of drug-likeness (QED) is 0.722. The highest BCUT2D eigenvalue weighted by Gasteiger charge is 2.40. The number of carbonyl (C=O) groups excluding carboxylic acids is 1. The van der Waals surface area contributed by atoms with Crippen molar-refractivity contribution in [2.24, 2.45) is 17.8 Å². The Morgan fingerprint density at radius 3 is 2.38 bits per heavy atom. The zero-order chi connectivity index (χ0) is 9.26. The van der Waals surface area contributed by atoms with Crippen LogP contribution in [0.2, 0.25) is 0 Å². The van der Waals surface area contributed by atoms with E-state index in [-0.39, 0.29) is 0 Å². The van der Waals surface area contributed by atoms with E-state index in [1.165, 1.54) is 12.8 Å². The molecule has 2 fully saturated rings. The minimum Gasteiger partial charge on any atom is -0.396 e. The van der Waals surface area contributed by atoms with Crippen LogP contribution in [0.1, 0.15) is 38.5 Å². The van der Waals surface area contributed by atoms with Crippen LogP contribution in [0.3, 0.4) is 0 Å². The summed E-state index contributed by atoms with van der Waals surface area (Å²) in [5, 5.41) is 8.72. The maximum Gasteiger partial charge on any atom is 0.133 e. The van der Waals surface area contributed by atoms with Gasteiger partial charge in [0.05, 0.1) is 0 Å². The van der Waals surface area contributed by atoms with Gasteiger partial charge in [-0.05, 0) is 43.4 Å². The summed E-state index contributed by atoms with van der Waals surface area (Å²) < 4.78 is 0. The van der Waals surface area contributed by atoms with Crippen LogP contribution < -0.4 is 0 Å². The largest absolute Gasteiger partial charge is 0.396 e. The normalized spacial score (nSPS) is 38.2. The first-order valence-electron chi connectivity index (χ1n) is 5.42. The van der Waals surface area contributed by atoms with Crippen molar-refractivity contribution >= 4 is 5.78 Å². The minimum absolute atomic E-state index is 0.324. The topological polar surface area (TPSA) is 37.3 Å². The summed E-state index contributed by atoms with van der Waals surface area (Å²) in [5.41, 5.74) is 0. The molecule has 2 rings (SSSR count). The molecule has 2 saturated carbocycles. The molecule has 0 aliphatic heterocycles. The van der Waals surface area contributed by atoms with E-state index in [1.807, 2.05) is 0 Å². The summed E-state index contributed by atoms with van der Waals surface area (Å²) in [6.45, 7) is 0.324. The molecule has 13 heavy (non-hydrogen) atoms. The maximum absolute atomic E-state index is 11.1. The standard InChI is InChI=1S/C11H18O2/c12-3-1-2-8-4-9-6-11(13)7-10(9)5-8/h8-10,12H,1-7H2/t8?,9-,10+. The van der Waals surface area contributed by atoms with Crippen molar-refractivity contribution in [3.8, 4) is 0 Å². The SMILES string of the molecule is O=C1C[C@@H]2CC(CCCO)C[C@@H]2C1. The van der Waals surface area contributed by atoms with Crippen molar-refractivity contribution < 1.29 is 9.90 Å². The first-order chi connectivity index (χ1) is 6.29. The summed E-state index contributed by atoms with van der Waals surface area (Å²) in [6, 6.07) is 0. The third-order valence-electron chi connectivity index (χ3n) is 3.69. The minimum atomic E-state index is 0.324. The Morgan fingerprint density at radius 2 is 1.85 bits per heavy atom. The molecular weight excluding hydrogens is 164 g/mol. The summed E-state index contributed by atoms with van der Waals surface area (Å²) in [6.07, 6.45) is 6.29. The molecule has 1 unspecified atom stereocenters. The van der Waals surface area contributed by atoms with Crippen LogP contribution in [0.15, 0.2) is 0 Å². The number of aliphatic hydroxyl groups excluding tert-OH is 1. The molecule has 2 nitrogen and oxygen atoms in total. The van der Waals surface area contributed by atoms with Crippen LogP contribution in [-0.4, -0.2) is 17.5 Å². The highest BCUT2D eigenvalue weighted by atomic mass is 16.2. The number of Topliss-reactive ketones (excluding diaryl/α,β-unsaturated/α-hetero) is 1. The zero-order valence-electron chi connectivity index (χ0n) is 8.04. The van der Waals surface area contributed by atoms with Gasteiger partial charge in [0.15, 0.2) is 0 Å². The number of aliphatic hydroxyl groups is 1. The third-order valence-corrected chi connectivity index (χ3v) is 3.69. The zero-order valence-corrected chi connectivity index (χ0v) is 8.04. The van der Waals surface area contributed by atoms with Crippen LogP contribution in [0.4, 0.5) is 0 Å². The summed E-state index contributed by atoms with van der Waals surface area (Å²) in [4.78, 5) is 11.1. The van der Waals surface area contributed by atoms with Crippen molar-refractivity contribution in [1.29, 1.82) is 0 Å².